The third-order valence-corrected chi connectivity index (χ3v) is 4.21. The minimum absolute atomic E-state index is 0.0783. The first-order valence-electron chi connectivity index (χ1n) is 8.61. The quantitative estimate of drug-likeness (QED) is 0.327. The van der Waals surface area contributed by atoms with Crippen molar-refractivity contribution in [3.8, 4) is 5.75 Å². The Labute approximate surface area is 179 Å². The molecule has 0 saturated carbocycles. The third kappa shape index (κ3) is 5.66. The summed E-state index contributed by atoms with van der Waals surface area (Å²) >= 11 is 5.18. The number of alkyl halides is 3. The maximum atomic E-state index is 12.8. The van der Waals surface area contributed by atoms with Gasteiger partial charge in [0.1, 0.15) is 12.1 Å². The van der Waals surface area contributed by atoms with Crippen molar-refractivity contribution in [1.82, 2.24) is 14.8 Å². The topological polar surface area (TPSA) is 107 Å². The normalized spacial score (nSPS) is 11.1. The van der Waals surface area contributed by atoms with Crippen molar-refractivity contribution >= 4 is 34.7 Å². The van der Waals surface area contributed by atoms with E-state index in [0.29, 0.717) is 11.3 Å². The van der Waals surface area contributed by atoms with Crippen LogP contribution in [0.2, 0.25) is 0 Å². The van der Waals surface area contributed by atoms with Crippen LogP contribution in [0.4, 0.5) is 30.5 Å². The number of hydrogen-bond acceptors (Lipinski definition) is 6. The van der Waals surface area contributed by atoms with Crippen LogP contribution in [0.15, 0.2) is 48.8 Å². The highest BCUT2D eigenvalue weighted by atomic mass is 32.1. The fourth-order valence-corrected chi connectivity index (χ4v) is 2.81. The van der Waals surface area contributed by atoms with Crippen molar-refractivity contribution in [2.75, 3.05) is 17.7 Å². The Kier molecular flexibility index (Phi) is 6.34. The van der Waals surface area contributed by atoms with Gasteiger partial charge in [-0.2, -0.15) is 13.2 Å². The Morgan fingerprint density at radius 1 is 1.26 bits per heavy atom. The second kappa shape index (κ2) is 8.95. The fraction of sp³-hybridized carbons (Fsp3) is 0.167. The SMILES string of the molecule is COc1cc([N+](=O)[O-])ccc1NC(=S)Nc1ncn(Cc2cccc(C(F)(F)F)c2)n1. The van der Waals surface area contributed by atoms with Crippen LogP contribution < -0.4 is 15.4 Å². The molecule has 0 atom stereocenters. The van der Waals surface area contributed by atoms with Gasteiger partial charge in [0.2, 0.25) is 5.95 Å². The van der Waals surface area contributed by atoms with Gasteiger partial charge in [-0.05, 0) is 36.0 Å². The molecule has 9 nitrogen and oxygen atoms in total. The lowest BCUT2D eigenvalue weighted by Crippen LogP contribution is -2.20. The van der Waals surface area contributed by atoms with E-state index in [1.54, 1.807) is 6.07 Å². The number of nitro groups is 1. The minimum atomic E-state index is -4.43. The molecular weight excluding hydrogens is 437 g/mol. The molecule has 0 fully saturated rings. The maximum Gasteiger partial charge on any atom is 0.416 e. The van der Waals surface area contributed by atoms with Gasteiger partial charge in [-0.3, -0.25) is 15.4 Å². The first-order valence-corrected chi connectivity index (χ1v) is 9.02. The van der Waals surface area contributed by atoms with Crippen LogP contribution in [0, 0.1) is 10.1 Å². The molecule has 1 aromatic heterocycles. The molecule has 3 rings (SSSR count). The Bertz CT molecular complexity index is 1120. The second-order valence-electron chi connectivity index (χ2n) is 6.18. The Balaban J connectivity index is 1.65. The zero-order chi connectivity index (χ0) is 22.6. The number of hydrogen-bond donors (Lipinski definition) is 2. The molecule has 2 aromatic carbocycles. The van der Waals surface area contributed by atoms with E-state index in [2.05, 4.69) is 20.7 Å². The zero-order valence-corrected chi connectivity index (χ0v) is 16.7. The summed E-state index contributed by atoms with van der Waals surface area (Å²) in [4.78, 5) is 14.3. The first-order chi connectivity index (χ1) is 14.7. The lowest BCUT2D eigenvalue weighted by Gasteiger charge is -2.11. The van der Waals surface area contributed by atoms with Crippen LogP contribution in [0.5, 0.6) is 5.75 Å². The van der Waals surface area contributed by atoms with Gasteiger partial charge in [-0.25, -0.2) is 9.67 Å². The summed E-state index contributed by atoms with van der Waals surface area (Å²) in [6.07, 6.45) is -3.08. The molecule has 1 heterocycles. The van der Waals surface area contributed by atoms with Crippen LogP contribution in [0.3, 0.4) is 0 Å². The second-order valence-corrected chi connectivity index (χ2v) is 6.59. The highest BCUT2D eigenvalue weighted by molar-refractivity contribution is 7.80. The van der Waals surface area contributed by atoms with Crippen molar-refractivity contribution < 1.29 is 22.8 Å². The molecule has 13 heteroatoms. The predicted molar refractivity (Wildman–Crippen MR) is 110 cm³/mol. The summed E-state index contributed by atoms with van der Waals surface area (Å²) in [5, 5.41) is 20.6. The smallest absolute Gasteiger partial charge is 0.416 e. The van der Waals surface area contributed by atoms with Gasteiger partial charge in [0, 0.05) is 6.07 Å². The van der Waals surface area contributed by atoms with Crippen molar-refractivity contribution in [1.29, 1.82) is 0 Å². The zero-order valence-electron chi connectivity index (χ0n) is 15.9. The van der Waals surface area contributed by atoms with Crippen LogP contribution in [-0.2, 0) is 12.7 Å². The number of benzene rings is 2. The third-order valence-electron chi connectivity index (χ3n) is 4.00. The molecule has 0 spiro atoms. The molecule has 0 aliphatic heterocycles. The molecule has 0 unspecified atom stereocenters. The highest BCUT2D eigenvalue weighted by Crippen LogP contribution is 2.30. The van der Waals surface area contributed by atoms with Gasteiger partial charge >= 0.3 is 6.18 Å². The number of anilines is 2. The molecular formula is C18H15F3N6O3S. The van der Waals surface area contributed by atoms with E-state index < -0.39 is 16.7 Å². The van der Waals surface area contributed by atoms with Crippen LogP contribution >= 0.6 is 12.2 Å². The summed E-state index contributed by atoms with van der Waals surface area (Å²) in [7, 11) is 1.36. The molecule has 0 radical (unpaired) electrons. The highest BCUT2D eigenvalue weighted by Gasteiger charge is 2.30. The van der Waals surface area contributed by atoms with Crippen molar-refractivity contribution in [2.45, 2.75) is 12.7 Å². The Morgan fingerprint density at radius 2 is 2.03 bits per heavy atom. The summed E-state index contributed by atoms with van der Waals surface area (Å²) in [6.45, 7) is 0.0783. The summed E-state index contributed by atoms with van der Waals surface area (Å²) in [5.41, 5.74) is -0.0984. The number of nitro benzene ring substituents is 1. The van der Waals surface area contributed by atoms with E-state index in [1.807, 2.05) is 0 Å². The van der Waals surface area contributed by atoms with Crippen LogP contribution in [0.25, 0.3) is 0 Å². The lowest BCUT2D eigenvalue weighted by molar-refractivity contribution is -0.384. The number of rotatable bonds is 6. The van der Waals surface area contributed by atoms with Gasteiger partial charge in [-0.1, -0.05) is 12.1 Å². The minimum Gasteiger partial charge on any atom is -0.494 e. The molecule has 0 saturated heterocycles. The average Bonchev–Trinajstić information content (AvgIpc) is 3.14. The van der Waals surface area contributed by atoms with E-state index in [-0.39, 0.29) is 29.0 Å². The number of halogens is 3. The lowest BCUT2D eigenvalue weighted by atomic mass is 10.1. The number of methoxy groups -OCH3 is 1. The van der Waals surface area contributed by atoms with E-state index in [4.69, 9.17) is 17.0 Å². The van der Waals surface area contributed by atoms with Crippen molar-refractivity contribution in [3.05, 3.63) is 70.0 Å². The monoisotopic (exact) mass is 452 g/mol. The number of aromatic nitrogens is 3. The molecule has 31 heavy (non-hydrogen) atoms. The standard InChI is InChI=1S/C18H15F3N6O3S/c1-30-15-8-13(27(28)29)5-6-14(15)23-17(31)24-16-22-10-26(25-16)9-11-3-2-4-12(7-11)18(19,20)21/h2-8,10H,9H2,1H3,(H2,23,24,25,31). The van der Waals surface area contributed by atoms with E-state index >= 15 is 0 Å². The number of non-ortho nitro benzene ring substituents is 1. The molecule has 3 aromatic rings. The van der Waals surface area contributed by atoms with Gasteiger partial charge < -0.3 is 10.1 Å². The molecule has 162 valence electrons. The maximum absolute atomic E-state index is 12.8. The van der Waals surface area contributed by atoms with E-state index in [0.717, 1.165) is 12.1 Å². The van der Waals surface area contributed by atoms with Crippen LogP contribution in [-0.4, -0.2) is 31.9 Å². The molecule has 0 aliphatic carbocycles. The average molecular weight is 452 g/mol. The molecule has 0 bridgehead atoms. The molecule has 0 aliphatic rings. The predicted octanol–water partition coefficient (Wildman–Crippen LogP) is 4.07. The van der Waals surface area contributed by atoms with Gasteiger partial charge in [-0.15, -0.1) is 5.10 Å². The van der Waals surface area contributed by atoms with Crippen LogP contribution in [0.1, 0.15) is 11.1 Å². The summed E-state index contributed by atoms with van der Waals surface area (Å²) in [6, 6.07) is 8.88. The van der Waals surface area contributed by atoms with Crippen molar-refractivity contribution in [2.24, 2.45) is 0 Å². The summed E-state index contributed by atoms with van der Waals surface area (Å²) < 4.78 is 45.0. The number of nitrogens with zero attached hydrogens (tertiary/aromatic N) is 4. The first kappa shape index (κ1) is 22.0. The largest absolute Gasteiger partial charge is 0.494 e. The fourth-order valence-electron chi connectivity index (χ4n) is 2.61. The van der Waals surface area contributed by atoms with Gasteiger partial charge in [0.15, 0.2) is 5.11 Å². The number of thiocarbonyl (C=S) groups is 1. The van der Waals surface area contributed by atoms with Crippen molar-refractivity contribution in [3.63, 3.8) is 0 Å². The number of ether oxygens (including phenoxy) is 1. The Hall–Kier alpha value is -3.74. The Morgan fingerprint density at radius 3 is 2.71 bits per heavy atom. The van der Waals surface area contributed by atoms with Gasteiger partial charge in [0.05, 0.1) is 35.9 Å². The van der Waals surface area contributed by atoms with E-state index in [9.17, 15) is 23.3 Å². The van der Waals surface area contributed by atoms with E-state index in [1.165, 1.54) is 42.4 Å². The van der Waals surface area contributed by atoms with Gasteiger partial charge in [0.25, 0.3) is 5.69 Å². The molecule has 0 amide bonds. The summed E-state index contributed by atoms with van der Waals surface area (Å²) in [5.74, 6) is 0.326. The molecule has 2 N–H and O–H groups in total. The number of nitrogens with one attached hydrogen (secondary N) is 2.